The lowest BCUT2D eigenvalue weighted by atomic mass is 9.93. The third kappa shape index (κ3) is 2.42. The Kier molecular flexibility index (Phi) is 3.33. The minimum Gasteiger partial charge on any atom is -0.399 e. The average molecular weight is 233 g/mol. The van der Waals surface area contributed by atoms with Gasteiger partial charge in [-0.2, -0.15) is 0 Å². The van der Waals surface area contributed by atoms with E-state index in [0.29, 0.717) is 5.69 Å². The number of benzene rings is 1. The fourth-order valence-electron chi connectivity index (χ4n) is 2.28. The molecule has 4 heteroatoms. The molecule has 92 valence electrons. The van der Waals surface area contributed by atoms with E-state index in [1.54, 1.807) is 12.1 Å². The fraction of sp³-hybridized carbons (Fsp3) is 0.462. The lowest BCUT2D eigenvalue weighted by Gasteiger charge is -2.26. The molecule has 1 saturated heterocycles. The SMILES string of the molecule is CCC1(C(=O)Nc2ccc(N)cc2)CCCN1. The third-order valence-corrected chi connectivity index (χ3v) is 3.45. The van der Waals surface area contributed by atoms with Crippen molar-refractivity contribution in [3.63, 3.8) is 0 Å². The molecule has 0 spiro atoms. The molecule has 0 aromatic heterocycles. The van der Waals surface area contributed by atoms with E-state index in [0.717, 1.165) is 31.5 Å². The van der Waals surface area contributed by atoms with Gasteiger partial charge in [-0.25, -0.2) is 0 Å². The smallest absolute Gasteiger partial charge is 0.244 e. The Morgan fingerprint density at radius 2 is 2.18 bits per heavy atom. The first kappa shape index (κ1) is 11.9. The van der Waals surface area contributed by atoms with Gasteiger partial charge in [0.1, 0.15) is 0 Å². The highest BCUT2D eigenvalue weighted by atomic mass is 16.2. The molecule has 4 nitrogen and oxygen atoms in total. The predicted molar refractivity (Wildman–Crippen MR) is 69.7 cm³/mol. The molecule has 1 fully saturated rings. The van der Waals surface area contributed by atoms with Crippen LogP contribution in [0.5, 0.6) is 0 Å². The van der Waals surface area contributed by atoms with E-state index in [2.05, 4.69) is 10.6 Å². The number of carbonyl (C=O) groups is 1. The average Bonchev–Trinajstić information content (AvgIpc) is 2.82. The highest BCUT2D eigenvalue weighted by Gasteiger charge is 2.38. The van der Waals surface area contributed by atoms with Gasteiger partial charge in [-0.05, 0) is 50.1 Å². The monoisotopic (exact) mass is 233 g/mol. The molecule has 0 aliphatic carbocycles. The van der Waals surface area contributed by atoms with Crippen molar-refractivity contribution in [1.82, 2.24) is 5.32 Å². The first-order valence-corrected chi connectivity index (χ1v) is 6.08. The van der Waals surface area contributed by atoms with Crippen molar-refractivity contribution in [3.05, 3.63) is 24.3 Å². The first-order valence-electron chi connectivity index (χ1n) is 6.08. The maximum Gasteiger partial charge on any atom is 0.244 e. The molecule has 0 saturated carbocycles. The van der Waals surface area contributed by atoms with E-state index in [4.69, 9.17) is 5.73 Å². The van der Waals surface area contributed by atoms with Gasteiger partial charge in [0.15, 0.2) is 0 Å². The van der Waals surface area contributed by atoms with Crippen LogP contribution in [0.1, 0.15) is 26.2 Å². The summed E-state index contributed by atoms with van der Waals surface area (Å²) in [7, 11) is 0. The number of hydrogen-bond acceptors (Lipinski definition) is 3. The van der Waals surface area contributed by atoms with E-state index in [-0.39, 0.29) is 11.4 Å². The number of nitrogens with two attached hydrogens (primary N) is 1. The zero-order chi connectivity index (χ0) is 12.3. The Morgan fingerprint density at radius 3 is 2.71 bits per heavy atom. The second-order valence-corrected chi connectivity index (χ2v) is 4.54. The zero-order valence-corrected chi connectivity index (χ0v) is 10.1. The van der Waals surface area contributed by atoms with E-state index in [1.165, 1.54) is 0 Å². The highest BCUT2D eigenvalue weighted by molar-refractivity contribution is 5.98. The summed E-state index contributed by atoms with van der Waals surface area (Å²) in [6.07, 6.45) is 2.78. The van der Waals surface area contributed by atoms with Crippen LogP contribution < -0.4 is 16.4 Å². The van der Waals surface area contributed by atoms with Crippen LogP contribution in [0.3, 0.4) is 0 Å². The number of hydrogen-bond donors (Lipinski definition) is 3. The Morgan fingerprint density at radius 1 is 1.47 bits per heavy atom. The largest absolute Gasteiger partial charge is 0.399 e. The lowest BCUT2D eigenvalue weighted by molar-refractivity contribution is -0.122. The van der Waals surface area contributed by atoms with Gasteiger partial charge in [-0.1, -0.05) is 6.92 Å². The Labute approximate surface area is 102 Å². The number of nitrogen functional groups attached to an aromatic ring is 1. The van der Waals surface area contributed by atoms with Gasteiger partial charge in [0, 0.05) is 11.4 Å². The summed E-state index contributed by atoms with van der Waals surface area (Å²) in [6.45, 7) is 2.96. The van der Waals surface area contributed by atoms with E-state index < -0.39 is 0 Å². The highest BCUT2D eigenvalue weighted by Crippen LogP contribution is 2.25. The molecule has 1 heterocycles. The van der Waals surface area contributed by atoms with Gasteiger partial charge < -0.3 is 16.4 Å². The molecule has 1 unspecified atom stereocenters. The van der Waals surface area contributed by atoms with Crippen LogP contribution in [0.2, 0.25) is 0 Å². The van der Waals surface area contributed by atoms with Crippen LogP contribution in [0.25, 0.3) is 0 Å². The molecule has 1 amide bonds. The second-order valence-electron chi connectivity index (χ2n) is 4.54. The lowest BCUT2D eigenvalue weighted by Crippen LogP contribution is -2.50. The molecule has 1 aromatic carbocycles. The van der Waals surface area contributed by atoms with Crippen LogP contribution >= 0.6 is 0 Å². The normalized spacial score (nSPS) is 23.6. The second kappa shape index (κ2) is 4.75. The summed E-state index contributed by atoms with van der Waals surface area (Å²) in [4.78, 5) is 12.2. The summed E-state index contributed by atoms with van der Waals surface area (Å²) in [6, 6.07) is 7.23. The number of nitrogens with one attached hydrogen (secondary N) is 2. The molecular weight excluding hydrogens is 214 g/mol. The Balaban J connectivity index is 2.08. The summed E-state index contributed by atoms with van der Waals surface area (Å²) in [5.74, 6) is 0.0577. The molecule has 2 rings (SSSR count). The van der Waals surface area contributed by atoms with Crippen molar-refractivity contribution in [2.75, 3.05) is 17.6 Å². The van der Waals surface area contributed by atoms with Gasteiger partial charge in [0.05, 0.1) is 5.54 Å². The first-order chi connectivity index (χ1) is 8.16. The number of rotatable bonds is 3. The molecule has 1 aromatic rings. The Bertz CT molecular complexity index is 394. The number of carbonyl (C=O) groups excluding carboxylic acids is 1. The van der Waals surface area contributed by atoms with Crippen LogP contribution in [0.15, 0.2) is 24.3 Å². The maximum atomic E-state index is 12.2. The summed E-state index contributed by atoms with van der Waals surface area (Å²) in [5.41, 5.74) is 6.72. The quantitative estimate of drug-likeness (QED) is 0.697. The molecule has 1 aliphatic rings. The van der Waals surface area contributed by atoms with Gasteiger partial charge in [-0.15, -0.1) is 0 Å². The van der Waals surface area contributed by atoms with Crippen molar-refractivity contribution < 1.29 is 4.79 Å². The standard InChI is InChI=1S/C13H19N3O/c1-2-13(8-3-9-15-13)12(17)16-11-6-4-10(14)5-7-11/h4-7,15H,2-3,8-9,14H2,1H3,(H,16,17). The van der Waals surface area contributed by atoms with Gasteiger partial charge in [-0.3, -0.25) is 4.79 Å². The number of amides is 1. The minimum atomic E-state index is -0.388. The van der Waals surface area contributed by atoms with Crippen LogP contribution in [0, 0.1) is 0 Å². The van der Waals surface area contributed by atoms with E-state index in [9.17, 15) is 4.79 Å². The van der Waals surface area contributed by atoms with Crippen molar-refractivity contribution in [2.24, 2.45) is 0 Å². The van der Waals surface area contributed by atoms with Gasteiger partial charge in [0.25, 0.3) is 0 Å². The molecular formula is C13H19N3O. The van der Waals surface area contributed by atoms with Crippen molar-refractivity contribution in [3.8, 4) is 0 Å². The Hall–Kier alpha value is -1.55. The molecule has 17 heavy (non-hydrogen) atoms. The maximum absolute atomic E-state index is 12.2. The fourth-order valence-corrected chi connectivity index (χ4v) is 2.28. The zero-order valence-electron chi connectivity index (χ0n) is 10.1. The number of anilines is 2. The molecule has 1 aliphatic heterocycles. The molecule has 0 radical (unpaired) electrons. The van der Waals surface area contributed by atoms with Gasteiger partial charge in [0.2, 0.25) is 5.91 Å². The predicted octanol–water partition coefficient (Wildman–Crippen LogP) is 1.74. The van der Waals surface area contributed by atoms with Crippen molar-refractivity contribution in [2.45, 2.75) is 31.7 Å². The summed E-state index contributed by atoms with van der Waals surface area (Å²) in [5, 5.41) is 6.26. The van der Waals surface area contributed by atoms with Crippen molar-refractivity contribution in [1.29, 1.82) is 0 Å². The summed E-state index contributed by atoms with van der Waals surface area (Å²) < 4.78 is 0. The summed E-state index contributed by atoms with van der Waals surface area (Å²) >= 11 is 0. The minimum absolute atomic E-state index is 0.0577. The van der Waals surface area contributed by atoms with Crippen LogP contribution in [-0.2, 0) is 4.79 Å². The molecule has 0 bridgehead atoms. The molecule has 4 N–H and O–H groups in total. The van der Waals surface area contributed by atoms with Crippen LogP contribution in [-0.4, -0.2) is 18.0 Å². The van der Waals surface area contributed by atoms with E-state index >= 15 is 0 Å². The molecule has 1 atom stereocenters. The van der Waals surface area contributed by atoms with Crippen LogP contribution in [0.4, 0.5) is 11.4 Å². The topological polar surface area (TPSA) is 67.2 Å². The van der Waals surface area contributed by atoms with E-state index in [1.807, 2.05) is 19.1 Å². The van der Waals surface area contributed by atoms with Gasteiger partial charge >= 0.3 is 0 Å². The van der Waals surface area contributed by atoms with Crippen molar-refractivity contribution >= 4 is 17.3 Å². The third-order valence-electron chi connectivity index (χ3n) is 3.45.